The van der Waals surface area contributed by atoms with Crippen molar-refractivity contribution in [2.75, 3.05) is 0 Å². The van der Waals surface area contributed by atoms with Gasteiger partial charge in [0.25, 0.3) is 5.89 Å². The summed E-state index contributed by atoms with van der Waals surface area (Å²) in [6.07, 6.45) is 0. The lowest BCUT2D eigenvalue weighted by Gasteiger charge is -2.09. The molecule has 1 aromatic carbocycles. The van der Waals surface area contributed by atoms with Gasteiger partial charge in [-0.2, -0.15) is 4.98 Å². The Labute approximate surface area is 115 Å². The van der Waals surface area contributed by atoms with Crippen molar-refractivity contribution in [1.82, 2.24) is 10.1 Å². The Morgan fingerprint density at radius 3 is 2.67 bits per heavy atom. The molecule has 0 saturated carbocycles. The second kappa shape index (κ2) is 5.20. The fourth-order valence-electron chi connectivity index (χ4n) is 1.57. The molecule has 2 aromatic rings. The Morgan fingerprint density at radius 1 is 1.33 bits per heavy atom. The molecule has 0 aliphatic carbocycles. The number of rotatable bonds is 3. The van der Waals surface area contributed by atoms with Crippen LogP contribution in [0.1, 0.15) is 31.3 Å². The van der Waals surface area contributed by atoms with E-state index in [2.05, 4.69) is 26.1 Å². The molecule has 0 spiro atoms. The van der Waals surface area contributed by atoms with Crippen LogP contribution >= 0.6 is 15.9 Å². The molecule has 18 heavy (non-hydrogen) atoms. The number of aryl methyl sites for hydroxylation is 1. The normalized spacial score (nSPS) is 13.0. The Kier molecular flexibility index (Phi) is 3.82. The Bertz CT molecular complexity index is 551. The van der Waals surface area contributed by atoms with E-state index in [1.807, 2.05) is 39.0 Å². The highest BCUT2D eigenvalue weighted by Crippen LogP contribution is 2.29. The molecule has 0 saturated heterocycles. The summed E-state index contributed by atoms with van der Waals surface area (Å²) in [4.78, 5) is 4.36. The van der Waals surface area contributed by atoms with Gasteiger partial charge >= 0.3 is 0 Å². The number of hydrogen-bond acceptors (Lipinski definition) is 4. The zero-order valence-corrected chi connectivity index (χ0v) is 12.2. The van der Waals surface area contributed by atoms with Crippen LogP contribution in [0.2, 0.25) is 0 Å². The van der Waals surface area contributed by atoms with Crippen LogP contribution in [0, 0.1) is 12.8 Å². The quantitative estimate of drug-likeness (QED) is 0.943. The van der Waals surface area contributed by atoms with Gasteiger partial charge in [0.2, 0.25) is 0 Å². The molecule has 1 unspecified atom stereocenters. The fraction of sp³-hybridized carbons (Fsp3) is 0.385. The molecule has 96 valence electrons. The highest BCUT2D eigenvalue weighted by atomic mass is 79.9. The van der Waals surface area contributed by atoms with E-state index in [1.165, 1.54) is 5.56 Å². The molecule has 0 bridgehead atoms. The first-order valence-corrected chi connectivity index (χ1v) is 6.64. The van der Waals surface area contributed by atoms with Crippen molar-refractivity contribution >= 4 is 15.9 Å². The van der Waals surface area contributed by atoms with E-state index >= 15 is 0 Å². The fourth-order valence-corrected chi connectivity index (χ4v) is 2.23. The van der Waals surface area contributed by atoms with Crippen molar-refractivity contribution in [1.29, 1.82) is 0 Å². The summed E-state index contributed by atoms with van der Waals surface area (Å²) in [7, 11) is 0. The first-order valence-electron chi connectivity index (χ1n) is 5.84. The summed E-state index contributed by atoms with van der Waals surface area (Å²) in [6, 6.07) is 5.78. The maximum atomic E-state index is 5.99. The van der Waals surface area contributed by atoms with E-state index in [9.17, 15) is 0 Å². The van der Waals surface area contributed by atoms with Gasteiger partial charge in [-0.3, -0.25) is 0 Å². The lowest BCUT2D eigenvalue weighted by molar-refractivity contribution is 0.400. The SMILES string of the molecule is Cc1ccc(-c2nc(C(N)C(C)C)no2)c(Br)c1. The van der Waals surface area contributed by atoms with Crippen molar-refractivity contribution in [3.05, 3.63) is 34.1 Å². The largest absolute Gasteiger partial charge is 0.334 e. The van der Waals surface area contributed by atoms with Crippen LogP contribution in [0.25, 0.3) is 11.5 Å². The van der Waals surface area contributed by atoms with Crippen LogP contribution in [0.3, 0.4) is 0 Å². The number of nitrogens with zero attached hydrogens (tertiary/aromatic N) is 2. The van der Waals surface area contributed by atoms with Gasteiger partial charge in [-0.1, -0.05) is 25.1 Å². The third-order valence-electron chi connectivity index (χ3n) is 2.81. The summed E-state index contributed by atoms with van der Waals surface area (Å²) in [5.41, 5.74) is 8.05. The van der Waals surface area contributed by atoms with Gasteiger partial charge in [-0.25, -0.2) is 0 Å². The number of halogens is 1. The molecule has 4 nitrogen and oxygen atoms in total. The molecule has 0 amide bonds. The number of aromatic nitrogens is 2. The monoisotopic (exact) mass is 309 g/mol. The predicted molar refractivity (Wildman–Crippen MR) is 73.9 cm³/mol. The Morgan fingerprint density at radius 2 is 2.06 bits per heavy atom. The van der Waals surface area contributed by atoms with Crippen LogP contribution in [-0.4, -0.2) is 10.1 Å². The minimum absolute atomic E-state index is 0.202. The molecule has 0 radical (unpaired) electrons. The molecular weight excluding hydrogens is 294 g/mol. The van der Waals surface area contributed by atoms with E-state index in [4.69, 9.17) is 10.3 Å². The maximum Gasteiger partial charge on any atom is 0.259 e. The van der Waals surface area contributed by atoms with Crippen LogP contribution in [0.15, 0.2) is 27.2 Å². The average Bonchev–Trinajstić information content (AvgIpc) is 2.77. The molecule has 0 fully saturated rings. The summed E-state index contributed by atoms with van der Waals surface area (Å²) in [6.45, 7) is 6.09. The Hall–Kier alpha value is -1.20. The summed E-state index contributed by atoms with van der Waals surface area (Å²) < 4.78 is 6.21. The average molecular weight is 310 g/mol. The van der Waals surface area contributed by atoms with Crippen molar-refractivity contribution < 1.29 is 4.52 Å². The zero-order valence-electron chi connectivity index (χ0n) is 10.6. The van der Waals surface area contributed by atoms with Crippen molar-refractivity contribution in [2.24, 2.45) is 11.7 Å². The third kappa shape index (κ3) is 2.62. The van der Waals surface area contributed by atoms with Crippen molar-refractivity contribution in [3.63, 3.8) is 0 Å². The van der Waals surface area contributed by atoms with Crippen molar-refractivity contribution in [2.45, 2.75) is 26.8 Å². The standard InChI is InChI=1S/C13H16BrN3O/c1-7(2)11(15)12-16-13(18-17-12)9-5-4-8(3)6-10(9)14/h4-7,11H,15H2,1-3H3. The van der Waals surface area contributed by atoms with E-state index in [-0.39, 0.29) is 12.0 Å². The van der Waals surface area contributed by atoms with Gasteiger partial charge in [0.1, 0.15) is 0 Å². The Balaban J connectivity index is 2.35. The molecule has 2 rings (SSSR count). The number of hydrogen-bond donors (Lipinski definition) is 1. The van der Waals surface area contributed by atoms with E-state index < -0.39 is 0 Å². The first-order chi connectivity index (χ1) is 8.49. The van der Waals surface area contributed by atoms with Crippen LogP contribution < -0.4 is 5.73 Å². The molecule has 0 aliphatic rings. The van der Waals surface area contributed by atoms with Gasteiger partial charge < -0.3 is 10.3 Å². The van der Waals surface area contributed by atoms with E-state index in [0.717, 1.165) is 10.0 Å². The minimum Gasteiger partial charge on any atom is -0.334 e. The zero-order chi connectivity index (χ0) is 13.3. The lowest BCUT2D eigenvalue weighted by Crippen LogP contribution is -2.18. The molecular formula is C13H16BrN3O. The maximum absolute atomic E-state index is 5.99. The van der Waals surface area contributed by atoms with Crippen LogP contribution in [0.4, 0.5) is 0 Å². The topological polar surface area (TPSA) is 64.9 Å². The van der Waals surface area contributed by atoms with Gasteiger partial charge in [0, 0.05) is 4.47 Å². The highest BCUT2D eigenvalue weighted by Gasteiger charge is 2.19. The van der Waals surface area contributed by atoms with Gasteiger partial charge in [0.15, 0.2) is 5.82 Å². The minimum atomic E-state index is -0.202. The first kappa shape index (κ1) is 13.2. The van der Waals surface area contributed by atoms with Gasteiger partial charge in [0.05, 0.1) is 11.6 Å². The highest BCUT2D eigenvalue weighted by molar-refractivity contribution is 9.10. The van der Waals surface area contributed by atoms with Crippen LogP contribution in [-0.2, 0) is 0 Å². The molecule has 1 atom stereocenters. The molecule has 1 aromatic heterocycles. The smallest absolute Gasteiger partial charge is 0.259 e. The summed E-state index contributed by atoms with van der Waals surface area (Å²) in [5.74, 6) is 1.32. The number of nitrogens with two attached hydrogens (primary N) is 1. The number of benzene rings is 1. The van der Waals surface area contributed by atoms with Crippen LogP contribution in [0.5, 0.6) is 0 Å². The summed E-state index contributed by atoms with van der Waals surface area (Å²) >= 11 is 3.50. The van der Waals surface area contributed by atoms with Gasteiger partial charge in [-0.05, 0) is 46.5 Å². The second-order valence-electron chi connectivity index (χ2n) is 4.71. The van der Waals surface area contributed by atoms with Crippen molar-refractivity contribution in [3.8, 4) is 11.5 Å². The molecule has 2 N–H and O–H groups in total. The van der Waals surface area contributed by atoms with Gasteiger partial charge in [-0.15, -0.1) is 0 Å². The molecule has 0 aliphatic heterocycles. The van der Waals surface area contributed by atoms with E-state index in [0.29, 0.717) is 11.7 Å². The van der Waals surface area contributed by atoms with E-state index in [1.54, 1.807) is 0 Å². The summed E-state index contributed by atoms with van der Waals surface area (Å²) in [5, 5.41) is 3.95. The molecule has 1 heterocycles. The third-order valence-corrected chi connectivity index (χ3v) is 3.47. The lowest BCUT2D eigenvalue weighted by atomic mass is 10.1. The predicted octanol–water partition coefficient (Wildman–Crippen LogP) is 3.46. The molecule has 5 heteroatoms. The second-order valence-corrected chi connectivity index (χ2v) is 5.57.